The summed E-state index contributed by atoms with van der Waals surface area (Å²) in [5.41, 5.74) is 0.584. The standard InChI is InChI=1S/C30H49N3O6/c1-21(2)33(30(35)23-9-12-28(38-5)29(15-23)39-14-6-13-36-3)20-25-18-31-16-24(25)17-32-19-27(34)22-7-10-26(37-4)11-8-22/h9,12,15,21-22,24-26,31-32H,6-8,10-11,13-14,16-20H2,1-5H3/t22?,24-,25-,26?/m0/s1. The Balaban J connectivity index is 1.55. The molecule has 0 radical (unpaired) electrons. The number of nitrogens with one attached hydrogen (secondary N) is 2. The summed E-state index contributed by atoms with van der Waals surface area (Å²) in [5, 5.41) is 6.92. The van der Waals surface area contributed by atoms with Gasteiger partial charge in [0.25, 0.3) is 5.91 Å². The lowest BCUT2D eigenvalue weighted by Crippen LogP contribution is -2.43. The molecular formula is C30H49N3O6. The molecule has 2 fully saturated rings. The van der Waals surface area contributed by atoms with Gasteiger partial charge in [0.15, 0.2) is 11.5 Å². The van der Waals surface area contributed by atoms with Gasteiger partial charge in [-0.1, -0.05) is 0 Å². The smallest absolute Gasteiger partial charge is 0.254 e. The Morgan fingerprint density at radius 2 is 1.77 bits per heavy atom. The van der Waals surface area contributed by atoms with Crippen molar-refractivity contribution in [2.24, 2.45) is 17.8 Å². The number of carbonyl (C=O) groups excluding carboxylic acids is 2. The third-order valence-electron chi connectivity index (χ3n) is 8.12. The SMILES string of the molecule is COCCCOc1cc(C(=O)N(C[C@@H]2CNC[C@H]2CNCC(=O)C2CCC(OC)CC2)C(C)C)ccc1OC. The number of hydrogen-bond donors (Lipinski definition) is 2. The van der Waals surface area contributed by atoms with Crippen LogP contribution >= 0.6 is 0 Å². The number of amides is 1. The van der Waals surface area contributed by atoms with E-state index in [4.69, 9.17) is 18.9 Å². The number of benzene rings is 1. The van der Waals surface area contributed by atoms with E-state index in [-0.39, 0.29) is 17.9 Å². The minimum Gasteiger partial charge on any atom is -0.493 e. The van der Waals surface area contributed by atoms with Crippen LogP contribution in [0.2, 0.25) is 0 Å². The van der Waals surface area contributed by atoms with Crippen molar-refractivity contribution in [2.75, 3.05) is 67.3 Å². The zero-order chi connectivity index (χ0) is 28.2. The van der Waals surface area contributed by atoms with E-state index in [1.54, 1.807) is 39.5 Å². The quantitative estimate of drug-likeness (QED) is 0.305. The minimum absolute atomic E-state index is 0.0187. The molecule has 1 amide bonds. The Morgan fingerprint density at radius 1 is 1.03 bits per heavy atom. The van der Waals surface area contributed by atoms with Gasteiger partial charge in [-0.25, -0.2) is 0 Å². The Kier molecular flexibility index (Phi) is 13.0. The van der Waals surface area contributed by atoms with Crippen LogP contribution in [0.5, 0.6) is 11.5 Å². The molecule has 220 valence electrons. The van der Waals surface area contributed by atoms with Crippen LogP contribution in [0.25, 0.3) is 0 Å². The number of carbonyl (C=O) groups is 2. The summed E-state index contributed by atoms with van der Waals surface area (Å²) < 4.78 is 21.9. The normalized spacial score (nSPS) is 23.1. The van der Waals surface area contributed by atoms with Crippen LogP contribution in [0.3, 0.4) is 0 Å². The first kappa shape index (κ1) is 31.3. The van der Waals surface area contributed by atoms with Gasteiger partial charge in [0.05, 0.1) is 26.4 Å². The molecular weight excluding hydrogens is 498 g/mol. The zero-order valence-electron chi connectivity index (χ0n) is 24.5. The van der Waals surface area contributed by atoms with Gasteiger partial charge in [-0.2, -0.15) is 0 Å². The summed E-state index contributed by atoms with van der Waals surface area (Å²) in [6.07, 6.45) is 4.83. The minimum atomic E-state index is -0.0187. The first-order valence-corrected chi connectivity index (χ1v) is 14.5. The van der Waals surface area contributed by atoms with Crippen LogP contribution in [0.15, 0.2) is 18.2 Å². The molecule has 3 rings (SSSR count). The summed E-state index contributed by atoms with van der Waals surface area (Å²) in [4.78, 5) is 28.3. The first-order valence-electron chi connectivity index (χ1n) is 14.5. The second-order valence-corrected chi connectivity index (χ2v) is 11.1. The molecule has 1 aromatic carbocycles. The summed E-state index contributed by atoms with van der Waals surface area (Å²) in [7, 11) is 5.01. The van der Waals surface area contributed by atoms with Crippen molar-refractivity contribution in [3.63, 3.8) is 0 Å². The van der Waals surface area contributed by atoms with Gasteiger partial charge in [-0.05, 0) is 82.7 Å². The molecule has 0 bridgehead atoms. The molecule has 39 heavy (non-hydrogen) atoms. The highest BCUT2D eigenvalue weighted by Crippen LogP contribution is 2.30. The third-order valence-corrected chi connectivity index (χ3v) is 8.12. The highest BCUT2D eigenvalue weighted by atomic mass is 16.5. The average Bonchev–Trinajstić information content (AvgIpc) is 3.40. The first-order chi connectivity index (χ1) is 18.9. The van der Waals surface area contributed by atoms with E-state index in [9.17, 15) is 9.59 Å². The van der Waals surface area contributed by atoms with Crippen molar-refractivity contribution in [1.29, 1.82) is 0 Å². The molecule has 0 spiro atoms. The molecule has 1 saturated carbocycles. The van der Waals surface area contributed by atoms with Gasteiger partial charge >= 0.3 is 0 Å². The predicted molar refractivity (Wildman–Crippen MR) is 152 cm³/mol. The van der Waals surface area contributed by atoms with Crippen LogP contribution in [0.1, 0.15) is 56.3 Å². The molecule has 9 heteroatoms. The van der Waals surface area contributed by atoms with E-state index in [0.717, 1.165) is 51.7 Å². The fourth-order valence-electron chi connectivity index (χ4n) is 5.64. The number of methoxy groups -OCH3 is 3. The molecule has 1 aliphatic carbocycles. The highest BCUT2D eigenvalue weighted by molar-refractivity contribution is 5.95. The van der Waals surface area contributed by atoms with Crippen molar-refractivity contribution in [2.45, 2.75) is 58.1 Å². The largest absolute Gasteiger partial charge is 0.493 e. The van der Waals surface area contributed by atoms with Crippen molar-refractivity contribution < 1.29 is 28.5 Å². The highest BCUT2D eigenvalue weighted by Gasteiger charge is 2.32. The zero-order valence-corrected chi connectivity index (χ0v) is 24.5. The lowest BCUT2D eigenvalue weighted by atomic mass is 9.84. The Bertz CT molecular complexity index is 903. The molecule has 2 aliphatic rings. The monoisotopic (exact) mass is 547 g/mol. The van der Waals surface area contributed by atoms with E-state index < -0.39 is 0 Å². The molecule has 0 unspecified atom stereocenters. The van der Waals surface area contributed by atoms with E-state index in [1.165, 1.54) is 0 Å². The second kappa shape index (κ2) is 16.2. The van der Waals surface area contributed by atoms with Crippen LogP contribution < -0.4 is 20.1 Å². The molecule has 1 aromatic rings. The maximum atomic E-state index is 13.7. The molecule has 2 N–H and O–H groups in total. The molecule has 1 aliphatic heterocycles. The Morgan fingerprint density at radius 3 is 2.44 bits per heavy atom. The van der Waals surface area contributed by atoms with Crippen LogP contribution in [0.4, 0.5) is 0 Å². The topological polar surface area (TPSA) is 98.4 Å². The fraction of sp³-hybridized carbons (Fsp3) is 0.733. The van der Waals surface area contributed by atoms with E-state index in [0.29, 0.717) is 67.1 Å². The third kappa shape index (κ3) is 9.17. The summed E-state index contributed by atoms with van der Waals surface area (Å²) in [5.74, 6) is 2.26. The Hall–Kier alpha value is -2.20. The number of ether oxygens (including phenoxy) is 4. The number of rotatable bonds is 16. The average molecular weight is 548 g/mol. The maximum absolute atomic E-state index is 13.7. The van der Waals surface area contributed by atoms with Crippen molar-refractivity contribution in [1.82, 2.24) is 15.5 Å². The van der Waals surface area contributed by atoms with Crippen LogP contribution in [0, 0.1) is 17.8 Å². The molecule has 0 aromatic heterocycles. The fourth-order valence-corrected chi connectivity index (χ4v) is 5.64. The lowest BCUT2D eigenvalue weighted by Gasteiger charge is -2.32. The molecule has 9 nitrogen and oxygen atoms in total. The molecule has 2 atom stereocenters. The van der Waals surface area contributed by atoms with Gasteiger partial charge in [0, 0.05) is 57.9 Å². The summed E-state index contributed by atoms with van der Waals surface area (Å²) in [6, 6.07) is 5.42. The lowest BCUT2D eigenvalue weighted by molar-refractivity contribution is -0.123. The number of nitrogens with zero attached hydrogens (tertiary/aromatic N) is 1. The van der Waals surface area contributed by atoms with Crippen molar-refractivity contribution >= 4 is 11.7 Å². The number of hydrogen-bond acceptors (Lipinski definition) is 8. The van der Waals surface area contributed by atoms with E-state index in [2.05, 4.69) is 24.5 Å². The molecule has 1 saturated heterocycles. The van der Waals surface area contributed by atoms with Gasteiger partial charge in [-0.15, -0.1) is 0 Å². The predicted octanol–water partition coefficient (Wildman–Crippen LogP) is 3.16. The van der Waals surface area contributed by atoms with Gasteiger partial charge in [-0.3, -0.25) is 9.59 Å². The Labute approximate surface area is 234 Å². The van der Waals surface area contributed by atoms with E-state index >= 15 is 0 Å². The van der Waals surface area contributed by atoms with Crippen molar-refractivity contribution in [3.05, 3.63) is 23.8 Å². The summed E-state index contributed by atoms with van der Waals surface area (Å²) in [6.45, 7) is 8.76. The van der Waals surface area contributed by atoms with Crippen LogP contribution in [-0.4, -0.2) is 96.0 Å². The van der Waals surface area contributed by atoms with Gasteiger partial charge in [0.1, 0.15) is 5.78 Å². The second-order valence-electron chi connectivity index (χ2n) is 11.1. The maximum Gasteiger partial charge on any atom is 0.254 e. The van der Waals surface area contributed by atoms with Gasteiger partial charge < -0.3 is 34.5 Å². The number of Topliss-reactive ketones (excluding diaryl/α,β-unsaturated/α-hetero) is 1. The van der Waals surface area contributed by atoms with Gasteiger partial charge in [0.2, 0.25) is 0 Å². The number of ketones is 1. The van der Waals surface area contributed by atoms with E-state index in [1.807, 2.05) is 4.90 Å². The summed E-state index contributed by atoms with van der Waals surface area (Å²) >= 11 is 0. The van der Waals surface area contributed by atoms with Crippen LogP contribution in [-0.2, 0) is 14.3 Å². The molecule has 1 heterocycles. The van der Waals surface area contributed by atoms with Crippen molar-refractivity contribution in [3.8, 4) is 11.5 Å².